The molecule has 4 nitrogen and oxygen atoms in total. The second-order valence-corrected chi connectivity index (χ2v) is 25.2. The van der Waals surface area contributed by atoms with Crippen molar-refractivity contribution in [2.24, 2.45) is 0 Å². The smallest absolute Gasteiger partial charge is 0.264 e. The maximum Gasteiger partial charge on any atom is 0.264 e. The maximum absolute atomic E-state index is 7.03. The van der Waals surface area contributed by atoms with Crippen molar-refractivity contribution in [3.05, 3.63) is 191 Å². The molecule has 72 heavy (non-hydrogen) atoms. The molecule has 14 rings (SSSR count). The first-order valence-corrected chi connectivity index (χ1v) is 26.8. The molecule has 0 atom stereocenters. The number of para-hydroxylation sites is 4. The van der Waals surface area contributed by atoms with Gasteiger partial charge in [0.05, 0.1) is 22.7 Å². The van der Waals surface area contributed by atoms with Crippen molar-refractivity contribution in [2.45, 2.75) is 104 Å². The van der Waals surface area contributed by atoms with Gasteiger partial charge in [0.2, 0.25) is 0 Å². The number of thiophene rings is 1. The Morgan fingerprint density at radius 3 is 2.00 bits per heavy atom. The molecule has 0 fully saturated rings. The molecular formula is C66H60BN3OS. The molecule has 0 bridgehead atoms. The van der Waals surface area contributed by atoms with Crippen LogP contribution in [0.1, 0.15) is 109 Å². The zero-order valence-electron chi connectivity index (χ0n) is 43.2. The highest BCUT2D eigenvalue weighted by molar-refractivity contribution is 7.33. The Bertz CT molecular complexity index is 3940. The van der Waals surface area contributed by atoms with E-state index in [2.05, 4.69) is 242 Å². The number of fused-ring (bicyclic) bond motifs is 12. The highest BCUT2D eigenvalue weighted by atomic mass is 32.1. The Morgan fingerprint density at radius 1 is 0.514 bits per heavy atom. The number of nitrogens with zero attached hydrogens (tertiary/aromatic N) is 3. The fourth-order valence-corrected chi connectivity index (χ4v) is 14.6. The molecule has 0 saturated carbocycles. The van der Waals surface area contributed by atoms with Gasteiger partial charge in [-0.2, -0.15) is 0 Å². The largest absolute Gasteiger partial charge is 0.454 e. The van der Waals surface area contributed by atoms with Gasteiger partial charge in [-0.3, -0.25) is 0 Å². The van der Waals surface area contributed by atoms with E-state index in [4.69, 9.17) is 4.42 Å². The Morgan fingerprint density at radius 2 is 1.21 bits per heavy atom. The number of benzene rings is 8. The Balaban J connectivity index is 1.13. The minimum Gasteiger partial charge on any atom is -0.454 e. The number of hydrogen-bond acceptors (Lipinski definition) is 5. The van der Waals surface area contributed by atoms with Crippen LogP contribution in [-0.2, 0) is 21.7 Å². The van der Waals surface area contributed by atoms with Gasteiger partial charge in [-0.05, 0) is 153 Å². The molecule has 5 heterocycles. The summed E-state index contributed by atoms with van der Waals surface area (Å²) in [6.45, 7) is 23.9. The summed E-state index contributed by atoms with van der Waals surface area (Å²) in [7, 11) is 0. The van der Waals surface area contributed by atoms with E-state index in [1.807, 2.05) is 11.3 Å². The van der Waals surface area contributed by atoms with Crippen molar-refractivity contribution >= 4 is 117 Å². The molecular weight excluding hydrogens is 894 g/mol. The Kier molecular flexibility index (Phi) is 8.99. The molecule has 0 saturated heterocycles. The van der Waals surface area contributed by atoms with Crippen molar-refractivity contribution in [2.75, 3.05) is 14.7 Å². The molecule has 0 spiro atoms. The van der Waals surface area contributed by atoms with Gasteiger partial charge >= 0.3 is 0 Å². The maximum atomic E-state index is 7.03. The zero-order valence-corrected chi connectivity index (χ0v) is 44.0. The molecule has 10 aromatic rings. The van der Waals surface area contributed by atoms with Gasteiger partial charge in [-0.15, -0.1) is 11.3 Å². The fourth-order valence-electron chi connectivity index (χ4n) is 13.3. The van der Waals surface area contributed by atoms with Crippen LogP contribution in [0, 0.1) is 6.92 Å². The normalized spacial score (nSPS) is 16.9. The second kappa shape index (κ2) is 14.8. The first-order valence-electron chi connectivity index (χ1n) is 26.0. The Hall–Kier alpha value is -7.02. The summed E-state index contributed by atoms with van der Waals surface area (Å²) in [4.78, 5) is 7.77. The summed E-state index contributed by atoms with van der Waals surface area (Å²) < 4.78 is 9.74. The molecule has 2 aromatic heterocycles. The van der Waals surface area contributed by atoms with Crippen LogP contribution in [-0.4, -0.2) is 6.71 Å². The number of anilines is 9. The number of furan rings is 1. The molecule has 0 N–H and O–H groups in total. The lowest BCUT2D eigenvalue weighted by Gasteiger charge is -2.47. The van der Waals surface area contributed by atoms with Gasteiger partial charge in [-0.25, -0.2) is 0 Å². The SMILES string of the molecule is Cc1cc2c3c(c1)N(c1cccc4c1oc1ccccc14)c1cc4c(cc1B3c1sc3ccc(C(C)(C)C)cc3c1N2c1ccc2c(c1)C(C)(C)CCC2(C)C)C(C)(C)c1ccccc1N4c1ccccc1. The van der Waals surface area contributed by atoms with E-state index in [1.54, 1.807) is 0 Å². The van der Waals surface area contributed by atoms with Gasteiger partial charge in [-0.1, -0.05) is 147 Å². The molecule has 0 amide bonds. The van der Waals surface area contributed by atoms with Gasteiger partial charge in [0, 0.05) is 59.5 Å². The summed E-state index contributed by atoms with van der Waals surface area (Å²) in [5, 5.41) is 3.57. The zero-order chi connectivity index (χ0) is 49.4. The summed E-state index contributed by atoms with van der Waals surface area (Å²) >= 11 is 1.99. The quantitative estimate of drug-likeness (QED) is 0.165. The van der Waals surface area contributed by atoms with E-state index < -0.39 is 0 Å². The van der Waals surface area contributed by atoms with Crippen molar-refractivity contribution in [1.82, 2.24) is 0 Å². The van der Waals surface area contributed by atoms with Crippen molar-refractivity contribution < 1.29 is 4.42 Å². The van der Waals surface area contributed by atoms with Crippen LogP contribution < -0.4 is 30.4 Å². The van der Waals surface area contributed by atoms with Crippen LogP contribution in [0.2, 0.25) is 0 Å². The predicted molar refractivity (Wildman–Crippen MR) is 309 cm³/mol. The molecule has 0 radical (unpaired) electrons. The van der Waals surface area contributed by atoms with Crippen LogP contribution in [0.15, 0.2) is 162 Å². The topological polar surface area (TPSA) is 22.9 Å². The van der Waals surface area contributed by atoms with Crippen molar-refractivity contribution in [3.63, 3.8) is 0 Å². The van der Waals surface area contributed by atoms with Gasteiger partial charge in [0.15, 0.2) is 5.58 Å². The predicted octanol–water partition coefficient (Wildman–Crippen LogP) is 16.9. The first kappa shape index (κ1) is 43.7. The second-order valence-electron chi connectivity index (χ2n) is 24.1. The molecule has 0 unspecified atom stereocenters. The third-order valence-electron chi connectivity index (χ3n) is 17.3. The van der Waals surface area contributed by atoms with Gasteiger partial charge in [0.1, 0.15) is 5.58 Å². The minimum atomic E-state index is -0.304. The van der Waals surface area contributed by atoms with E-state index in [-0.39, 0.29) is 28.4 Å². The molecule has 6 heteroatoms. The van der Waals surface area contributed by atoms with Crippen LogP contribution in [0.3, 0.4) is 0 Å². The lowest BCUT2D eigenvalue weighted by atomic mass is 9.36. The Labute approximate surface area is 428 Å². The molecule has 354 valence electrons. The van der Waals surface area contributed by atoms with Crippen LogP contribution >= 0.6 is 11.3 Å². The van der Waals surface area contributed by atoms with E-state index >= 15 is 0 Å². The van der Waals surface area contributed by atoms with Crippen LogP contribution in [0.4, 0.5) is 51.2 Å². The number of hydrogen-bond donors (Lipinski definition) is 0. The van der Waals surface area contributed by atoms with Gasteiger partial charge < -0.3 is 19.1 Å². The molecule has 3 aliphatic heterocycles. The molecule has 8 aromatic carbocycles. The summed E-state index contributed by atoms with van der Waals surface area (Å²) in [5.41, 5.74) is 23.2. The van der Waals surface area contributed by atoms with E-state index in [1.165, 1.54) is 105 Å². The monoisotopic (exact) mass is 953 g/mol. The van der Waals surface area contributed by atoms with E-state index in [9.17, 15) is 0 Å². The third kappa shape index (κ3) is 6.05. The van der Waals surface area contributed by atoms with Crippen molar-refractivity contribution in [3.8, 4) is 0 Å². The number of aryl methyl sites for hydroxylation is 1. The lowest BCUT2D eigenvalue weighted by Crippen LogP contribution is -2.60. The van der Waals surface area contributed by atoms with E-state index in [0.29, 0.717) is 0 Å². The summed E-state index contributed by atoms with van der Waals surface area (Å²) in [6, 6.07) is 60.1. The summed E-state index contributed by atoms with van der Waals surface area (Å²) in [6.07, 6.45) is 2.34. The average Bonchev–Trinajstić information content (AvgIpc) is 3.94. The average molecular weight is 954 g/mol. The minimum absolute atomic E-state index is 0.0211. The summed E-state index contributed by atoms with van der Waals surface area (Å²) in [5.74, 6) is 0. The standard InChI is InChI=1S/C66H60BN3OS/c1-39-33-55-59-56(34-39)70(52-25-18-22-44-43-21-14-17-26-57(43)71-61(44)52)54-38-53-49(66(9,10)47-23-15-16-24-51(47)68(53)41-19-12-11-13-20-41)37-50(54)67(59)62-60(45-35-40(63(2,3)4)27-30-58(45)72-62)69(55)42-28-29-46-48(36-42)65(7,8)32-31-64(46,5)6/h11-30,33-38H,31-32H2,1-10H3. The highest BCUT2D eigenvalue weighted by Crippen LogP contribution is 2.57. The van der Waals surface area contributed by atoms with Crippen LogP contribution in [0.5, 0.6) is 0 Å². The van der Waals surface area contributed by atoms with Gasteiger partial charge in [0.25, 0.3) is 6.71 Å². The van der Waals surface area contributed by atoms with Crippen molar-refractivity contribution in [1.29, 1.82) is 0 Å². The molecule has 1 aliphatic carbocycles. The number of rotatable bonds is 3. The highest BCUT2D eigenvalue weighted by Gasteiger charge is 2.49. The fraction of sp³-hybridized carbons (Fsp3) is 0.242. The van der Waals surface area contributed by atoms with Crippen LogP contribution in [0.25, 0.3) is 32.0 Å². The van der Waals surface area contributed by atoms with E-state index in [0.717, 1.165) is 39.7 Å². The third-order valence-corrected chi connectivity index (χ3v) is 18.5. The first-order chi connectivity index (χ1) is 34.5. The molecule has 4 aliphatic rings. The lowest BCUT2D eigenvalue weighted by molar-refractivity contribution is 0.332.